The Hall–Kier alpha value is -1.30. The van der Waals surface area contributed by atoms with Gasteiger partial charge in [-0.25, -0.2) is 0 Å². The second-order valence-electron chi connectivity index (χ2n) is 5.33. The minimum absolute atomic E-state index is 0.0351. The van der Waals surface area contributed by atoms with E-state index in [-0.39, 0.29) is 22.8 Å². The fourth-order valence-corrected chi connectivity index (χ4v) is 2.58. The van der Waals surface area contributed by atoms with Crippen LogP contribution in [0.2, 0.25) is 5.02 Å². The summed E-state index contributed by atoms with van der Waals surface area (Å²) in [5.74, 6) is -0.266. The van der Waals surface area contributed by atoms with Crippen LogP contribution in [0.15, 0.2) is 18.2 Å². The summed E-state index contributed by atoms with van der Waals surface area (Å²) in [5.41, 5.74) is 6.26. The van der Waals surface area contributed by atoms with Gasteiger partial charge < -0.3 is 20.9 Å². The van der Waals surface area contributed by atoms with E-state index in [1.54, 1.807) is 0 Å². The molecule has 0 saturated heterocycles. The maximum absolute atomic E-state index is 11.9. The van der Waals surface area contributed by atoms with Crippen molar-refractivity contribution in [2.45, 2.75) is 37.8 Å². The molecule has 0 unspecified atom stereocenters. The number of phenols is 1. The molecule has 0 bridgehead atoms. The van der Waals surface area contributed by atoms with E-state index in [4.69, 9.17) is 22.1 Å². The minimum Gasteiger partial charge on any atom is -0.506 e. The zero-order valence-corrected chi connectivity index (χ0v) is 12.6. The van der Waals surface area contributed by atoms with E-state index in [2.05, 4.69) is 5.32 Å². The number of phenolic OH excluding ortho intramolecular Hbond substituents is 1. The molecule has 21 heavy (non-hydrogen) atoms. The number of nitrogens with one attached hydrogen (secondary N) is 1. The van der Waals surface area contributed by atoms with Crippen LogP contribution in [0.25, 0.3) is 0 Å². The SMILES string of the molecule is NC1CCC(OCCNC(=O)c2ccc(O)c(Cl)c2)CC1. The number of halogens is 1. The molecule has 4 N–H and O–H groups in total. The number of carbonyl (C=O) groups is 1. The first-order valence-electron chi connectivity index (χ1n) is 7.20. The molecule has 2 rings (SSSR count). The van der Waals surface area contributed by atoms with E-state index in [0.29, 0.717) is 24.8 Å². The molecular weight excluding hydrogens is 292 g/mol. The number of ether oxygens (including phenoxy) is 1. The first kappa shape index (κ1) is 16.1. The molecule has 116 valence electrons. The molecule has 0 heterocycles. The van der Waals surface area contributed by atoms with E-state index in [0.717, 1.165) is 25.7 Å². The third-order valence-electron chi connectivity index (χ3n) is 3.67. The van der Waals surface area contributed by atoms with Crippen molar-refractivity contribution in [3.05, 3.63) is 28.8 Å². The zero-order chi connectivity index (χ0) is 15.2. The lowest BCUT2D eigenvalue weighted by Crippen LogP contribution is -2.33. The van der Waals surface area contributed by atoms with E-state index < -0.39 is 0 Å². The van der Waals surface area contributed by atoms with Gasteiger partial charge in [-0.2, -0.15) is 0 Å². The van der Waals surface area contributed by atoms with Crippen LogP contribution in [0.5, 0.6) is 5.75 Å². The molecule has 0 aromatic heterocycles. The average Bonchev–Trinajstić information content (AvgIpc) is 2.48. The number of nitrogens with two attached hydrogens (primary N) is 1. The number of hydrogen-bond acceptors (Lipinski definition) is 4. The van der Waals surface area contributed by atoms with Gasteiger partial charge in [0.2, 0.25) is 0 Å². The predicted molar refractivity (Wildman–Crippen MR) is 81.6 cm³/mol. The largest absolute Gasteiger partial charge is 0.506 e. The Labute approximate surface area is 129 Å². The summed E-state index contributed by atoms with van der Waals surface area (Å²) in [6, 6.07) is 4.68. The molecule has 1 amide bonds. The first-order valence-corrected chi connectivity index (χ1v) is 7.58. The van der Waals surface area contributed by atoms with Crippen molar-refractivity contribution in [3.63, 3.8) is 0 Å². The molecule has 1 aliphatic rings. The van der Waals surface area contributed by atoms with Gasteiger partial charge in [-0.1, -0.05) is 11.6 Å². The van der Waals surface area contributed by atoms with Crippen LogP contribution in [0, 0.1) is 0 Å². The summed E-state index contributed by atoms with van der Waals surface area (Å²) < 4.78 is 5.72. The van der Waals surface area contributed by atoms with Gasteiger partial charge in [-0.05, 0) is 43.9 Å². The molecule has 0 atom stereocenters. The van der Waals surface area contributed by atoms with Gasteiger partial charge in [0.1, 0.15) is 5.75 Å². The molecular formula is C15H21ClN2O3. The van der Waals surface area contributed by atoms with E-state index in [1.165, 1.54) is 18.2 Å². The standard InChI is InChI=1S/C15H21ClN2O3/c16-13-9-10(1-6-14(13)19)15(20)18-7-8-21-12-4-2-11(17)3-5-12/h1,6,9,11-12,19H,2-5,7-8,17H2,(H,18,20). The lowest BCUT2D eigenvalue weighted by atomic mass is 9.94. The molecule has 6 heteroatoms. The van der Waals surface area contributed by atoms with Gasteiger partial charge in [-0.15, -0.1) is 0 Å². The summed E-state index contributed by atoms with van der Waals surface area (Å²) >= 11 is 5.77. The lowest BCUT2D eigenvalue weighted by molar-refractivity contribution is 0.0267. The summed E-state index contributed by atoms with van der Waals surface area (Å²) in [4.78, 5) is 11.9. The van der Waals surface area contributed by atoms with Crippen molar-refractivity contribution < 1.29 is 14.6 Å². The van der Waals surface area contributed by atoms with Gasteiger partial charge in [-0.3, -0.25) is 4.79 Å². The van der Waals surface area contributed by atoms with Crippen molar-refractivity contribution in [2.24, 2.45) is 5.73 Å². The molecule has 1 fully saturated rings. The molecule has 1 aromatic carbocycles. The Morgan fingerprint density at radius 1 is 1.38 bits per heavy atom. The fourth-order valence-electron chi connectivity index (χ4n) is 2.40. The molecule has 0 spiro atoms. The number of hydrogen-bond donors (Lipinski definition) is 3. The molecule has 0 aliphatic heterocycles. The van der Waals surface area contributed by atoms with Gasteiger partial charge in [0, 0.05) is 18.2 Å². The van der Waals surface area contributed by atoms with Crippen LogP contribution < -0.4 is 11.1 Å². The van der Waals surface area contributed by atoms with Crippen LogP contribution in [-0.2, 0) is 4.74 Å². The van der Waals surface area contributed by atoms with Crippen LogP contribution in [0.1, 0.15) is 36.0 Å². The second kappa shape index (κ2) is 7.64. The van der Waals surface area contributed by atoms with Crippen molar-refractivity contribution >= 4 is 17.5 Å². The van der Waals surface area contributed by atoms with Crippen molar-refractivity contribution in [3.8, 4) is 5.75 Å². The highest BCUT2D eigenvalue weighted by Gasteiger charge is 2.18. The van der Waals surface area contributed by atoms with Crippen molar-refractivity contribution in [1.29, 1.82) is 0 Å². The van der Waals surface area contributed by atoms with Crippen LogP contribution in [-0.4, -0.2) is 36.3 Å². The summed E-state index contributed by atoms with van der Waals surface area (Å²) in [5, 5.41) is 12.2. The summed E-state index contributed by atoms with van der Waals surface area (Å²) in [6.45, 7) is 0.928. The average molecular weight is 313 g/mol. The maximum atomic E-state index is 11.9. The molecule has 5 nitrogen and oxygen atoms in total. The number of benzene rings is 1. The van der Waals surface area contributed by atoms with Gasteiger partial charge in [0.15, 0.2) is 0 Å². The van der Waals surface area contributed by atoms with Crippen LogP contribution >= 0.6 is 11.6 Å². The van der Waals surface area contributed by atoms with Gasteiger partial charge in [0.05, 0.1) is 17.7 Å². The Morgan fingerprint density at radius 2 is 2.10 bits per heavy atom. The monoisotopic (exact) mass is 312 g/mol. The molecule has 1 aromatic rings. The molecule has 1 aliphatic carbocycles. The Bertz CT molecular complexity index is 488. The van der Waals surface area contributed by atoms with Gasteiger partial charge in [0.25, 0.3) is 5.91 Å². The normalized spacial score (nSPS) is 22.0. The number of aromatic hydroxyl groups is 1. The number of carbonyl (C=O) groups excluding carboxylic acids is 1. The first-order chi connectivity index (χ1) is 10.1. The third kappa shape index (κ3) is 4.88. The molecule has 0 radical (unpaired) electrons. The number of rotatable bonds is 5. The molecule has 1 saturated carbocycles. The van der Waals surface area contributed by atoms with E-state index in [1.807, 2.05) is 0 Å². The highest BCUT2D eigenvalue weighted by atomic mass is 35.5. The smallest absolute Gasteiger partial charge is 0.251 e. The highest BCUT2D eigenvalue weighted by Crippen LogP contribution is 2.23. The topological polar surface area (TPSA) is 84.6 Å². The Kier molecular flexibility index (Phi) is 5.85. The second-order valence-corrected chi connectivity index (χ2v) is 5.74. The Morgan fingerprint density at radius 3 is 2.76 bits per heavy atom. The zero-order valence-electron chi connectivity index (χ0n) is 11.8. The van der Waals surface area contributed by atoms with E-state index >= 15 is 0 Å². The quantitative estimate of drug-likeness (QED) is 0.727. The minimum atomic E-state index is -0.230. The van der Waals surface area contributed by atoms with Crippen molar-refractivity contribution in [1.82, 2.24) is 5.32 Å². The number of amides is 1. The van der Waals surface area contributed by atoms with Crippen LogP contribution in [0.4, 0.5) is 0 Å². The predicted octanol–water partition coefficient (Wildman–Crippen LogP) is 2.06. The third-order valence-corrected chi connectivity index (χ3v) is 3.97. The van der Waals surface area contributed by atoms with Gasteiger partial charge >= 0.3 is 0 Å². The lowest BCUT2D eigenvalue weighted by Gasteiger charge is -2.26. The van der Waals surface area contributed by atoms with Crippen LogP contribution in [0.3, 0.4) is 0 Å². The maximum Gasteiger partial charge on any atom is 0.251 e. The highest BCUT2D eigenvalue weighted by molar-refractivity contribution is 6.32. The summed E-state index contributed by atoms with van der Waals surface area (Å²) in [7, 11) is 0. The van der Waals surface area contributed by atoms with E-state index in [9.17, 15) is 9.90 Å². The fraction of sp³-hybridized carbons (Fsp3) is 0.533. The summed E-state index contributed by atoms with van der Waals surface area (Å²) in [6.07, 6.45) is 4.24. The van der Waals surface area contributed by atoms with Crippen molar-refractivity contribution in [2.75, 3.05) is 13.2 Å². The Balaban J connectivity index is 1.68.